The van der Waals surface area contributed by atoms with Crippen molar-refractivity contribution in [3.63, 3.8) is 0 Å². The second kappa shape index (κ2) is 6.24. The summed E-state index contributed by atoms with van der Waals surface area (Å²) < 4.78 is 4.82. The highest BCUT2D eigenvalue weighted by atomic mass is 35.5. The second-order valence-corrected chi connectivity index (χ2v) is 4.99. The van der Waals surface area contributed by atoms with Gasteiger partial charge in [0.05, 0.1) is 7.11 Å². The molecule has 0 bridgehead atoms. The van der Waals surface area contributed by atoms with Crippen molar-refractivity contribution in [1.82, 2.24) is 5.32 Å². The van der Waals surface area contributed by atoms with Crippen LogP contribution in [-0.2, 0) is 14.3 Å². The summed E-state index contributed by atoms with van der Waals surface area (Å²) in [5, 5.41) is 2.84. The molecule has 1 aliphatic carbocycles. The summed E-state index contributed by atoms with van der Waals surface area (Å²) in [4.78, 5) is 23.7. The molecule has 0 aliphatic heterocycles. The van der Waals surface area contributed by atoms with Crippen LogP contribution in [0.4, 0.5) is 0 Å². The number of nitrogens with one attached hydrogen (secondary N) is 1. The van der Waals surface area contributed by atoms with Crippen LogP contribution in [0.2, 0.25) is 0 Å². The lowest BCUT2D eigenvalue weighted by molar-refractivity contribution is -0.153. The Bertz CT molecular complexity index is 287. The van der Waals surface area contributed by atoms with E-state index in [0.717, 1.165) is 19.3 Å². The van der Waals surface area contributed by atoms with E-state index in [0.29, 0.717) is 12.8 Å². The van der Waals surface area contributed by atoms with Gasteiger partial charge in [0.15, 0.2) is 0 Å². The molecular weight excluding hydrogens is 242 g/mol. The fourth-order valence-corrected chi connectivity index (χ4v) is 2.30. The molecule has 1 rings (SSSR count). The van der Waals surface area contributed by atoms with Crippen molar-refractivity contribution in [2.45, 2.75) is 44.6 Å². The maximum Gasteiger partial charge on any atom is 0.331 e. The fourth-order valence-electron chi connectivity index (χ4n) is 2.16. The molecule has 0 aromatic heterocycles. The van der Waals surface area contributed by atoms with E-state index >= 15 is 0 Å². The van der Waals surface area contributed by atoms with Crippen molar-refractivity contribution < 1.29 is 14.3 Å². The van der Waals surface area contributed by atoms with E-state index in [4.69, 9.17) is 16.3 Å². The molecule has 0 saturated heterocycles. The molecule has 0 aromatic rings. The summed E-state index contributed by atoms with van der Waals surface area (Å²) >= 11 is 5.65. The highest BCUT2D eigenvalue weighted by molar-refractivity contribution is 6.19. The number of ether oxygens (including phenoxy) is 1. The molecule has 0 radical (unpaired) electrons. The molecule has 1 N–H and O–H groups in total. The highest BCUT2D eigenvalue weighted by Gasteiger charge is 2.42. The molecule has 17 heavy (non-hydrogen) atoms. The molecule has 98 valence electrons. The Hall–Kier alpha value is -0.770. The first-order valence-electron chi connectivity index (χ1n) is 6.02. The molecule has 5 heteroatoms. The number of hydrogen-bond donors (Lipinski definition) is 1. The van der Waals surface area contributed by atoms with E-state index in [1.807, 2.05) is 0 Å². The first-order valence-corrected chi connectivity index (χ1v) is 6.55. The van der Waals surface area contributed by atoms with Crippen LogP contribution in [0.5, 0.6) is 0 Å². The number of rotatable bonds is 4. The van der Waals surface area contributed by atoms with Gasteiger partial charge in [-0.3, -0.25) is 4.79 Å². The third-order valence-corrected chi connectivity index (χ3v) is 3.79. The molecule has 1 unspecified atom stereocenters. The molecular formula is C12H20ClNO3. The number of carbonyl (C=O) groups is 2. The van der Waals surface area contributed by atoms with Gasteiger partial charge in [-0.15, -0.1) is 11.6 Å². The SMILES string of the molecule is COC(=O)C1(NC(=O)C(C)CCl)CCCCC1. The Labute approximate surface area is 107 Å². The van der Waals surface area contributed by atoms with Crippen molar-refractivity contribution in [2.24, 2.45) is 5.92 Å². The Balaban J connectivity index is 2.76. The Morgan fingerprint density at radius 3 is 2.41 bits per heavy atom. The summed E-state index contributed by atoms with van der Waals surface area (Å²) in [6.07, 6.45) is 4.27. The smallest absolute Gasteiger partial charge is 0.331 e. The Kier molecular flexibility index (Phi) is 5.25. The summed E-state index contributed by atoms with van der Waals surface area (Å²) in [7, 11) is 1.36. The Morgan fingerprint density at radius 1 is 1.35 bits per heavy atom. The molecule has 1 atom stereocenters. The number of alkyl halides is 1. The van der Waals surface area contributed by atoms with Gasteiger partial charge in [0.1, 0.15) is 5.54 Å². The lowest BCUT2D eigenvalue weighted by Crippen LogP contribution is -2.57. The van der Waals surface area contributed by atoms with Crippen molar-refractivity contribution in [2.75, 3.05) is 13.0 Å². The van der Waals surface area contributed by atoms with Gasteiger partial charge in [-0.05, 0) is 12.8 Å². The molecule has 1 amide bonds. The van der Waals surface area contributed by atoms with Crippen LogP contribution in [0.1, 0.15) is 39.0 Å². The van der Waals surface area contributed by atoms with Gasteiger partial charge in [0, 0.05) is 11.8 Å². The van der Waals surface area contributed by atoms with Crippen molar-refractivity contribution in [3.8, 4) is 0 Å². The van der Waals surface area contributed by atoms with Crippen LogP contribution in [-0.4, -0.2) is 30.4 Å². The quantitative estimate of drug-likeness (QED) is 0.621. The van der Waals surface area contributed by atoms with E-state index in [-0.39, 0.29) is 23.7 Å². The highest BCUT2D eigenvalue weighted by Crippen LogP contribution is 2.29. The van der Waals surface area contributed by atoms with Gasteiger partial charge in [0.25, 0.3) is 0 Å². The van der Waals surface area contributed by atoms with Crippen LogP contribution in [0.25, 0.3) is 0 Å². The van der Waals surface area contributed by atoms with E-state index in [1.165, 1.54) is 7.11 Å². The monoisotopic (exact) mass is 261 g/mol. The van der Waals surface area contributed by atoms with Gasteiger partial charge < -0.3 is 10.1 Å². The van der Waals surface area contributed by atoms with E-state index < -0.39 is 5.54 Å². The first kappa shape index (κ1) is 14.3. The summed E-state index contributed by atoms with van der Waals surface area (Å²) in [5.41, 5.74) is -0.829. The lowest BCUT2D eigenvalue weighted by Gasteiger charge is -2.35. The molecule has 1 aliphatic rings. The molecule has 1 fully saturated rings. The minimum atomic E-state index is -0.829. The van der Waals surface area contributed by atoms with Crippen LogP contribution in [0.15, 0.2) is 0 Å². The fraction of sp³-hybridized carbons (Fsp3) is 0.833. The third-order valence-electron chi connectivity index (χ3n) is 3.32. The van der Waals surface area contributed by atoms with Gasteiger partial charge in [-0.2, -0.15) is 0 Å². The summed E-state index contributed by atoms with van der Waals surface area (Å²) in [6.45, 7) is 1.75. The van der Waals surface area contributed by atoms with E-state index in [1.54, 1.807) is 6.92 Å². The number of halogens is 1. The van der Waals surface area contributed by atoms with Gasteiger partial charge in [-0.25, -0.2) is 4.79 Å². The molecule has 0 aromatic carbocycles. The maximum atomic E-state index is 11.9. The second-order valence-electron chi connectivity index (χ2n) is 4.68. The number of hydrogen-bond acceptors (Lipinski definition) is 3. The van der Waals surface area contributed by atoms with Crippen LogP contribution < -0.4 is 5.32 Å². The Morgan fingerprint density at radius 2 is 1.94 bits per heavy atom. The number of esters is 1. The topological polar surface area (TPSA) is 55.4 Å². The number of methoxy groups -OCH3 is 1. The minimum absolute atomic E-state index is 0.174. The van der Waals surface area contributed by atoms with Gasteiger partial charge in [-0.1, -0.05) is 26.2 Å². The zero-order valence-electron chi connectivity index (χ0n) is 10.4. The molecule has 0 heterocycles. The third kappa shape index (κ3) is 3.35. The average molecular weight is 262 g/mol. The van der Waals surface area contributed by atoms with Crippen LogP contribution >= 0.6 is 11.6 Å². The van der Waals surface area contributed by atoms with E-state index in [9.17, 15) is 9.59 Å². The largest absolute Gasteiger partial charge is 0.467 e. The molecule has 4 nitrogen and oxygen atoms in total. The normalized spacial score (nSPS) is 20.4. The summed E-state index contributed by atoms with van der Waals surface area (Å²) in [5.74, 6) is -0.553. The van der Waals surface area contributed by atoms with Crippen molar-refractivity contribution in [3.05, 3.63) is 0 Å². The van der Waals surface area contributed by atoms with Gasteiger partial charge in [0.2, 0.25) is 5.91 Å². The van der Waals surface area contributed by atoms with Crippen LogP contribution in [0.3, 0.4) is 0 Å². The standard InChI is InChI=1S/C12H20ClNO3/c1-9(8-13)10(15)14-12(11(16)17-2)6-4-3-5-7-12/h9H,3-8H2,1-2H3,(H,14,15). The summed E-state index contributed by atoms with van der Waals surface area (Å²) in [6, 6.07) is 0. The van der Waals surface area contributed by atoms with Gasteiger partial charge >= 0.3 is 5.97 Å². The van der Waals surface area contributed by atoms with Crippen molar-refractivity contribution >= 4 is 23.5 Å². The predicted molar refractivity (Wildman–Crippen MR) is 65.9 cm³/mol. The zero-order valence-corrected chi connectivity index (χ0v) is 11.2. The average Bonchev–Trinajstić information content (AvgIpc) is 2.37. The minimum Gasteiger partial charge on any atom is -0.467 e. The lowest BCUT2D eigenvalue weighted by atomic mass is 9.81. The first-order chi connectivity index (χ1) is 8.05. The number of carbonyl (C=O) groups excluding carboxylic acids is 2. The molecule has 0 spiro atoms. The zero-order chi connectivity index (χ0) is 12.9. The number of amides is 1. The van der Waals surface area contributed by atoms with Crippen LogP contribution in [0, 0.1) is 5.92 Å². The molecule has 1 saturated carbocycles. The maximum absolute atomic E-state index is 11.9. The van der Waals surface area contributed by atoms with Crippen molar-refractivity contribution in [1.29, 1.82) is 0 Å². The van der Waals surface area contributed by atoms with E-state index in [2.05, 4.69) is 5.32 Å². The predicted octanol–water partition coefficient (Wildman–Crippen LogP) is 1.85.